The van der Waals surface area contributed by atoms with Crippen molar-refractivity contribution in [3.63, 3.8) is 0 Å². The molecule has 3 heteroatoms. The third-order valence-electron chi connectivity index (χ3n) is 1.99. The van der Waals surface area contributed by atoms with E-state index in [-0.39, 0.29) is 12.2 Å². The highest BCUT2D eigenvalue weighted by Gasteiger charge is 2.07. The zero-order chi connectivity index (χ0) is 12.1. The molecule has 0 heterocycles. The van der Waals surface area contributed by atoms with E-state index >= 15 is 0 Å². The van der Waals surface area contributed by atoms with Crippen molar-refractivity contribution in [3.05, 3.63) is 23.8 Å². The minimum Gasteiger partial charge on any atom is -0.491 e. The van der Waals surface area contributed by atoms with E-state index in [9.17, 15) is 0 Å². The van der Waals surface area contributed by atoms with Gasteiger partial charge in [-0.15, -0.1) is 0 Å². The zero-order valence-electron chi connectivity index (χ0n) is 10.5. The average Bonchev–Trinajstić information content (AvgIpc) is 2.18. The molecule has 3 nitrogen and oxygen atoms in total. The summed E-state index contributed by atoms with van der Waals surface area (Å²) >= 11 is 0. The van der Waals surface area contributed by atoms with Crippen LogP contribution in [-0.4, -0.2) is 12.2 Å². The van der Waals surface area contributed by atoms with E-state index in [0.717, 1.165) is 17.1 Å². The lowest BCUT2D eigenvalue weighted by Gasteiger charge is -2.16. The van der Waals surface area contributed by atoms with E-state index in [1.54, 1.807) is 0 Å². The molecule has 16 heavy (non-hydrogen) atoms. The van der Waals surface area contributed by atoms with Gasteiger partial charge in [0.1, 0.15) is 11.5 Å². The SMILES string of the molecule is CC(C)Oc1ccc(OC(C)C)c(CN)c1. The first-order chi connectivity index (χ1) is 7.52. The summed E-state index contributed by atoms with van der Waals surface area (Å²) in [4.78, 5) is 0. The summed E-state index contributed by atoms with van der Waals surface area (Å²) in [6, 6.07) is 5.77. The molecule has 1 rings (SSSR count). The van der Waals surface area contributed by atoms with Gasteiger partial charge in [-0.3, -0.25) is 0 Å². The van der Waals surface area contributed by atoms with Gasteiger partial charge < -0.3 is 15.2 Å². The minimum absolute atomic E-state index is 0.155. The molecule has 0 aromatic heterocycles. The number of hydrogen-bond donors (Lipinski definition) is 1. The van der Waals surface area contributed by atoms with E-state index < -0.39 is 0 Å². The van der Waals surface area contributed by atoms with E-state index in [1.807, 2.05) is 45.9 Å². The summed E-state index contributed by atoms with van der Waals surface area (Å²) in [5, 5.41) is 0. The Labute approximate surface area is 97.6 Å². The van der Waals surface area contributed by atoms with Crippen LogP contribution in [0.15, 0.2) is 18.2 Å². The van der Waals surface area contributed by atoms with Crippen molar-refractivity contribution in [1.82, 2.24) is 0 Å². The molecule has 0 radical (unpaired) electrons. The second kappa shape index (κ2) is 5.75. The van der Waals surface area contributed by atoms with Gasteiger partial charge >= 0.3 is 0 Å². The van der Waals surface area contributed by atoms with Crippen LogP contribution in [0.5, 0.6) is 11.5 Å². The van der Waals surface area contributed by atoms with Crippen LogP contribution in [0, 0.1) is 0 Å². The van der Waals surface area contributed by atoms with Crippen LogP contribution in [-0.2, 0) is 6.54 Å². The van der Waals surface area contributed by atoms with Crippen LogP contribution in [0.4, 0.5) is 0 Å². The molecular formula is C13H21NO2. The van der Waals surface area contributed by atoms with Crippen LogP contribution in [0.25, 0.3) is 0 Å². The highest BCUT2D eigenvalue weighted by Crippen LogP contribution is 2.25. The first-order valence-electron chi connectivity index (χ1n) is 5.69. The van der Waals surface area contributed by atoms with Gasteiger partial charge in [0.25, 0.3) is 0 Å². The molecule has 0 saturated carbocycles. The lowest BCUT2D eigenvalue weighted by atomic mass is 10.2. The van der Waals surface area contributed by atoms with Gasteiger partial charge in [-0.05, 0) is 45.9 Å². The Hall–Kier alpha value is -1.22. The Morgan fingerprint density at radius 1 is 1.06 bits per heavy atom. The molecule has 0 aliphatic rings. The smallest absolute Gasteiger partial charge is 0.124 e. The fraction of sp³-hybridized carbons (Fsp3) is 0.538. The molecule has 0 aliphatic heterocycles. The van der Waals surface area contributed by atoms with Crippen LogP contribution in [0.3, 0.4) is 0 Å². The fourth-order valence-electron chi connectivity index (χ4n) is 1.43. The summed E-state index contributed by atoms with van der Waals surface area (Å²) in [6.45, 7) is 8.45. The Kier molecular flexibility index (Phi) is 4.62. The molecule has 0 aliphatic carbocycles. The van der Waals surface area contributed by atoms with Gasteiger partial charge in [-0.1, -0.05) is 0 Å². The van der Waals surface area contributed by atoms with Gasteiger partial charge in [0.15, 0.2) is 0 Å². The summed E-state index contributed by atoms with van der Waals surface area (Å²) in [6.07, 6.45) is 0.324. The van der Waals surface area contributed by atoms with Crippen molar-refractivity contribution >= 4 is 0 Å². The lowest BCUT2D eigenvalue weighted by Crippen LogP contribution is -2.10. The van der Waals surface area contributed by atoms with E-state index in [2.05, 4.69) is 0 Å². The van der Waals surface area contributed by atoms with Gasteiger partial charge in [-0.25, -0.2) is 0 Å². The van der Waals surface area contributed by atoms with E-state index in [4.69, 9.17) is 15.2 Å². The largest absolute Gasteiger partial charge is 0.491 e. The van der Waals surface area contributed by atoms with Gasteiger partial charge in [0.05, 0.1) is 12.2 Å². The predicted molar refractivity (Wildman–Crippen MR) is 65.9 cm³/mol. The molecule has 0 saturated heterocycles. The van der Waals surface area contributed by atoms with Crippen LogP contribution < -0.4 is 15.2 Å². The molecule has 1 aromatic rings. The molecule has 0 spiro atoms. The zero-order valence-corrected chi connectivity index (χ0v) is 10.5. The molecular weight excluding hydrogens is 202 g/mol. The maximum atomic E-state index is 5.69. The van der Waals surface area contributed by atoms with Crippen molar-refractivity contribution in [1.29, 1.82) is 0 Å². The van der Waals surface area contributed by atoms with Crippen LogP contribution >= 0.6 is 0 Å². The average molecular weight is 223 g/mol. The molecule has 1 aromatic carbocycles. The second-order valence-corrected chi connectivity index (χ2v) is 4.31. The maximum absolute atomic E-state index is 5.69. The van der Waals surface area contributed by atoms with Gasteiger partial charge in [-0.2, -0.15) is 0 Å². The van der Waals surface area contributed by atoms with E-state index in [1.165, 1.54) is 0 Å². The van der Waals surface area contributed by atoms with Crippen LogP contribution in [0.1, 0.15) is 33.3 Å². The number of rotatable bonds is 5. The Morgan fingerprint density at radius 2 is 1.69 bits per heavy atom. The first kappa shape index (κ1) is 12.8. The number of hydrogen-bond acceptors (Lipinski definition) is 3. The first-order valence-corrected chi connectivity index (χ1v) is 5.69. The third-order valence-corrected chi connectivity index (χ3v) is 1.99. The van der Waals surface area contributed by atoms with Crippen molar-refractivity contribution in [3.8, 4) is 11.5 Å². The Morgan fingerprint density at radius 3 is 2.19 bits per heavy atom. The minimum atomic E-state index is 0.155. The monoisotopic (exact) mass is 223 g/mol. The topological polar surface area (TPSA) is 44.5 Å². The highest BCUT2D eigenvalue weighted by molar-refractivity contribution is 5.40. The molecule has 2 N–H and O–H groups in total. The molecule has 0 fully saturated rings. The Bertz CT molecular complexity index is 335. The standard InChI is InChI=1S/C13H21NO2/c1-9(2)15-12-5-6-13(16-10(3)4)11(7-12)8-14/h5-7,9-10H,8,14H2,1-4H3. The summed E-state index contributed by atoms with van der Waals surface area (Å²) in [7, 11) is 0. The van der Waals surface area contributed by atoms with Crippen molar-refractivity contribution < 1.29 is 9.47 Å². The molecule has 90 valence electrons. The van der Waals surface area contributed by atoms with Crippen molar-refractivity contribution in [2.75, 3.05) is 0 Å². The lowest BCUT2D eigenvalue weighted by molar-refractivity contribution is 0.233. The van der Waals surface area contributed by atoms with Gasteiger partial charge in [0, 0.05) is 12.1 Å². The summed E-state index contributed by atoms with van der Waals surface area (Å²) in [5.74, 6) is 1.68. The molecule has 0 bridgehead atoms. The maximum Gasteiger partial charge on any atom is 0.124 e. The molecule has 0 unspecified atom stereocenters. The highest BCUT2D eigenvalue weighted by atomic mass is 16.5. The molecule has 0 amide bonds. The number of benzene rings is 1. The number of ether oxygens (including phenoxy) is 2. The Balaban J connectivity index is 2.88. The van der Waals surface area contributed by atoms with Crippen LogP contribution in [0.2, 0.25) is 0 Å². The molecule has 0 atom stereocenters. The third kappa shape index (κ3) is 3.74. The predicted octanol–water partition coefficient (Wildman–Crippen LogP) is 2.72. The summed E-state index contributed by atoms with van der Waals surface area (Å²) < 4.78 is 11.3. The van der Waals surface area contributed by atoms with Crippen molar-refractivity contribution in [2.45, 2.75) is 46.4 Å². The quantitative estimate of drug-likeness (QED) is 0.834. The fourth-order valence-corrected chi connectivity index (χ4v) is 1.43. The normalized spacial score (nSPS) is 10.9. The van der Waals surface area contributed by atoms with Crippen molar-refractivity contribution in [2.24, 2.45) is 5.73 Å². The van der Waals surface area contributed by atoms with Gasteiger partial charge in [0.2, 0.25) is 0 Å². The van der Waals surface area contributed by atoms with E-state index in [0.29, 0.717) is 6.54 Å². The summed E-state index contributed by atoms with van der Waals surface area (Å²) in [5.41, 5.74) is 6.67. The number of nitrogens with two attached hydrogens (primary N) is 1. The second-order valence-electron chi connectivity index (χ2n) is 4.31.